The molecule has 3 aliphatic carbocycles. The van der Waals surface area contributed by atoms with Crippen molar-refractivity contribution in [1.82, 2.24) is 0 Å². The van der Waals surface area contributed by atoms with Crippen molar-refractivity contribution in [3.8, 4) is 0 Å². The van der Waals surface area contributed by atoms with Gasteiger partial charge >= 0.3 is 0 Å². The quantitative estimate of drug-likeness (QED) is 0.452. The highest BCUT2D eigenvalue weighted by atomic mass is 16.6. The maximum Gasteiger partial charge on any atom is 0.269 e. The molecule has 4 atom stereocenters. The van der Waals surface area contributed by atoms with Crippen LogP contribution in [0.15, 0.2) is 42.5 Å². The molecule has 1 aliphatic heterocycles. The van der Waals surface area contributed by atoms with E-state index in [2.05, 4.69) is 18.2 Å². The highest BCUT2D eigenvalue weighted by Gasteiger charge is 2.60. The Morgan fingerprint density at radius 2 is 1.50 bits per heavy atom. The first-order chi connectivity index (χ1) is 9.75. The molecule has 0 spiro atoms. The molecule has 0 amide bonds. The summed E-state index contributed by atoms with van der Waals surface area (Å²) in [6, 6.07) is 13.7. The third-order valence-electron chi connectivity index (χ3n) is 4.84. The van der Waals surface area contributed by atoms with Crippen molar-refractivity contribution in [2.24, 2.45) is 0 Å². The largest absolute Gasteiger partial charge is 0.368 e. The van der Waals surface area contributed by atoms with Gasteiger partial charge in [-0.25, -0.2) is 0 Å². The summed E-state index contributed by atoms with van der Waals surface area (Å²) in [7, 11) is 0. The van der Waals surface area contributed by atoms with Crippen molar-refractivity contribution < 1.29 is 9.66 Å². The second kappa shape index (κ2) is 3.27. The molecule has 4 aliphatic rings. The molecule has 98 valence electrons. The molecular formula is C16H11NO3. The number of hydrogen-bond acceptors (Lipinski definition) is 3. The fraction of sp³-hybridized carbons (Fsp3) is 0.250. The normalized spacial score (nSPS) is 31.2. The second-order valence-corrected chi connectivity index (χ2v) is 5.72. The van der Waals surface area contributed by atoms with E-state index in [0.717, 1.165) is 5.56 Å². The van der Waals surface area contributed by atoms with E-state index >= 15 is 0 Å². The molecule has 1 fully saturated rings. The Morgan fingerprint density at radius 1 is 0.900 bits per heavy atom. The number of rotatable bonds is 1. The van der Waals surface area contributed by atoms with Crippen LogP contribution in [0, 0.1) is 10.1 Å². The topological polar surface area (TPSA) is 55.7 Å². The Morgan fingerprint density at radius 3 is 2.15 bits per heavy atom. The van der Waals surface area contributed by atoms with Crippen molar-refractivity contribution in [2.45, 2.75) is 24.0 Å². The van der Waals surface area contributed by atoms with Crippen LogP contribution in [0.1, 0.15) is 34.1 Å². The predicted molar refractivity (Wildman–Crippen MR) is 71.9 cm³/mol. The van der Waals surface area contributed by atoms with Crippen LogP contribution < -0.4 is 0 Å². The van der Waals surface area contributed by atoms with Gasteiger partial charge in [0, 0.05) is 24.0 Å². The van der Waals surface area contributed by atoms with Crippen LogP contribution in [0.25, 0.3) is 0 Å². The van der Waals surface area contributed by atoms with E-state index in [-0.39, 0.29) is 34.7 Å². The van der Waals surface area contributed by atoms with Crippen LogP contribution in [0.5, 0.6) is 0 Å². The van der Waals surface area contributed by atoms with Crippen LogP contribution in [-0.4, -0.2) is 17.1 Å². The minimum absolute atomic E-state index is 0.163. The Bertz CT molecular complexity index is 770. The second-order valence-electron chi connectivity index (χ2n) is 5.72. The third kappa shape index (κ3) is 1.11. The fourth-order valence-electron chi connectivity index (χ4n) is 4.02. The molecule has 0 aromatic heterocycles. The predicted octanol–water partition coefficient (Wildman–Crippen LogP) is 2.95. The van der Waals surface area contributed by atoms with Crippen LogP contribution in [0.3, 0.4) is 0 Å². The Hall–Kier alpha value is -2.20. The SMILES string of the molecule is O=[N+]([O-])c1ccc2c(c1)[C@@H]1c3ccccc3[C@H]2[C@@H]2O[C@@H]12. The van der Waals surface area contributed by atoms with E-state index in [4.69, 9.17) is 4.74 Å². The molecule has 0 unspecified atom stereocenters. The van der Waals surface area contributed by atoms with Crippen molar-refractivity contribution in [1.29, 1.82) is 0 Å². The first-order valence-corrected chi connectivity index (χ1v) is 6.78. The van der Waals surface area contributed by atoms with E-state index in [1.807, 2.05) is 12.1 Å². The van der Waals surface area contributed by atoms with Gasteiger partial charge in [-0.3, -0.25) is 10.1 Å². The summed E-state index contributed by atoms with van der Waals surface area (Å²) < 4.78 is 5.86. The van der Waals surface area contributed by atoms with Crippen LogP contribution in [0.2, 0.25) is 0 Å². The van der Waals surface area contributed by atoms with Gasteiger partial charge in [-0.1, -0.05) is 30.3 Å². The van der Waals surface area contributed by atoms with E-state index in [0.29, 0.717) is 0 Å². The average molecular weight is 265 g/mol. The molecule has 2 aromatic carbocycles. The van der Waals surface area contributed by atoms with Crippen molar-refractivity contribution >= 4 is 5.69 Å². The Labute approximate surface area is 115 Å². The maximum atomic E-state index is 11.0. The lowest BCUT2D eigenvalue weighted by Gasteiger charge is -2.37. The molecule has 1 heterocycles. The van der Waals surface area contributed by atoms with Gasteiger partial charge in [0.25, 0.3) is 5.69 Å². The number of nitro benzene ring substituents is 1. The molecule has 20 heavy (non-hydrogen) atoms. The number of nitro groups is 1. The Balaban J connectivity index is 1.79. The molecule has 2 bridgehead atoms. The number of nitrogens with zero attached hydrogens (tertiary/aromatic N) is 1. The highest BCUT2D eigenvalue weighted by Crippen LogP contribution is 2.61. The zero-order valence-electron chi connectivity index (χ0n) is 10.5. The molecule has 2 aromatic rings. The highest BCUT2D eigenvalue weighted by molar-refractivity contribution is 5.61. The van der Waals surface area contributed by atoms with Gasteiger partial charge in [-0.2, -0.15) is 0 Å². The molecule has 0 radical (unpaired) electrons. The lowest BCUT2D eigenvalue weighted by atomic mass is 9.64. The molecule has 6 rings (SSSR count). The van der Waals surface area contributed by atoms with Gasteiger partial charge in [-0.15, -0.1) is 0 Å². The molecule has 0 N–H and O–H groups in total. The van der Waals surface area contributed by atoms with Crippen molar-refractivity contribution in [3.63, 3.8) is 0 Å². The summed E-state index contributed by atoms with van der Waals surface area (Å²) >= 11 is 0. The van der Waals surface area contributed by atoms with Gasteiger partial charge < -0.3 is 4.74 Å². The number of epoxide rings is 1. The van der Waals surface area contributed by atoms with Crippen LogP contribution in [-0.2, 0) is 4.74 Å². The average Bonchev–Trinajstić information content (AvgIpc) is 3.26. The van der Waals surface area contributed by atoms with Crippen molar-refractivity contribution in [3.05, 3.63) is 74.8 Å². The maximum absolute atomic E-state index is 11.0. The molecule has 1 saturated heterocycles. The summed E-state index contributed by atoms with van der Waals surface area (Å²) in [5.74, 6) is 0.410. The minimum atomic E-state index is -0.320. The van der Waals surface area contributed by atoms with Gasteiger partial charge in [-0.05, 0) is 22.3 Å². The lowest BCUT2D eigenvalue weighted by Crippen LogP contribution is -2.31. The van der Waals surface area contributed by atoms with Gasteiger partial charge in [0.05, 0.1) is 17.1 Å². The third-order valence-corrected chi connectivity index (χ3v) is 4.84. The van der Waals surface area contributed by atoms with Gasteiger partial charge in [0.2, 0.25) is 0 Å². The Kier molecular flexibility index (Phi) is 1.73. The first-order valence-electron chi connectivity index (χ1n) is 6.78. The summed E-state index contributed by atoms with van der Waals surface area (Å²) in [5, 5.41) is 11.0. The van der Waals surface area contributed by atoms with E-state index < -0.39 is 0 Å². The summed E-state index contributed by atoms with van der Waals surface area (Å²) in [6.45, 7) is 0. The van der Waals surface area contributed by atoms with Gasteiger partial charge in [0.1, 0.15) is 0 Å². The van der Waals surface area contributed by atoms with E-state index in [1.165, 1.54) is 16.7 Å². The monoisotopic (exact) mass is 265 g/mol. The number of ether oxygens (including phenoxy) is 1. The molecule has 4 nitrogen and oxygen atoms in total. The number of non-ortho nitro benzene ring substituents is 1. The molecule has 0 saturated carbocycles. The zero-order chi connectivity index (χ0) is 13.4. The summed E-state index contributed by atoms with van der Waals surface area (Å²) in [4.78, 5) is 10.7. The fourth-order valence-corrected chi connectivity index (χ4v) is 4.02. The first kappa shape index (κ1) is 10.6. The minimum Gasteiger partial charge on any atom is -0.368 e. The number of benzene rings is 2. The van der Waals surface area contributed by atoms with Crippen LogP contribution >= 0.6 is 0 Å². The van der Waals surface area contributed by atoms with E-state index in [1.54, 1.807) is 12.1 Å². The van der Waals surface area contributed by atoms with E-state index in [9.17, 15) is 10.1 Å². The lowest BCUT2D eigenvalue weighted by molar-refractivity contribution is -0.385. The summed E-state index contributed by atoms with van der Waals surface area (Å²) in [6.07, 6.45) is 0.480. The molecular weight excluding hydrogens is 254 g/mol. The van der Waals surface area contributed by atoms with Gasteiger partial charge in [0.15, 0.2) is 0 Å². The summed E-state index contributed by atoms with van der Waals surface area (Å²) in [5.41, 5.74) is 5.08. The standard InChI is InChI=1S/C16H11NO3/c18-17(19)8-5-6-11-12(7-8)14-10-4-2-1-3-9(10)13(11)15-16(14)20-15/h1-7,13-16H/t13-,14+,15+,16+/m1/s1. The zero-order valence-corrected chi connectivity index (χ0v) is 10.5. The van der Waals surface area contributed by atoms with Crippen LogP contribution in [0.4, 0.5) is 5.69 Å². The number of hydrogen-bond donors (Lipinski definition) is 0. The molecule has 4 heteroatoms. The van der Waals surface area contributed by atoms with Crippen molar-refractivity contribution in [2.75, 3.05) is 0 Å². The smallest absolute Gasteiger partial charge is 0.269 e.